The zero-order chi connectivity index (χ0) is 16.5. The monoisotopic (exact) mass is 321 g/mol. The number of ether oxygens (including phenoxy) is 5. The summed E-state index contributed by atoms with van der Waals surface area (Å²) in [5.41, 5.74) is 0.144. The lowest BCUT2D eigenvalue weighted by atomic mass is 10.1. The molecule has 0 atom stereocenters. The van der Waals surface area contributed by atoms with Gasteiger partial charge in [0, 0.05) is 32.4 Å². The summed E-state index contributed by atoms with van der Waals surface area (Å²) in [5, 5.41) is 3.36. The Kier molecular flexibility index (Phi) is 15.5. The third-order valence-electron chi connectivity index (χ3n) is 2.65. The molecule has 0 saturated carbocycles. The maximum Gasteiger partial charge on any atom is 0.0701 e. The van der Waals surface area contributed by atoms with Crippen LogP contribution in [0.15, 0.2) is 0 Å². The molecule has 6 heteroatoms. The minimum absolute atomic E-state index is 0.144. The smallest absolute Gasteiger partial charge is 0.0701 e. The molecule has 0 aliphatic rings. The van der Waals surface area contributed by atoms with Gasteiger partial charge in [0.15, 0.2) is 0 Å². The van der Waals surface area contributed by atoms with E-state index in [1.807, 2.05) is 0 Å². The van der Waals surface area contributed by atoms with Gasteiger partial charge in [-0.15, -0.1) is 0 Å². The molecule has 1 N–H and O–H groups in total. The molecule has 0 radical (unpaired) electrons. The highest BCUT2D eigenvalue weighted by atomic mass is 16.6. The van der Waals surface area contributed by atoms with Crippen LogP contribution in [0.2, 0.25) is 0 Å². The summed E-state index contributed by atoms with van der Waals surface area (Å²) < 4.78 is 26.6. The summed E-state index contributed by atoms with van der Waals surface area (Å²) in [6.07, 6.45) is 0.922. The minimum Gasteiger partial charge on any atom is -0.385 e. The zero-order valence-electron chi connectivity index (χ0n) is 14.8. The Morgan fingerprint density at radius 2 is 1.09 bits per heavy atom. The molecule has 0 aromatic carbocycles. The standard InChI is InChI=1S/C16H35NO5/c1-16(2,3)17-6-9-20-11-13-22-15-14-21-12-10-19-8-5-7-18-4/h17H,5-15H2,1-4H3. The lowest BCUT2D eigenvalue weighted by Gasteiger charge is -2.20. The van der Waals surface area contributed by atoms with E-state index in [-0.39, 0.29) is 5.54 Å². The fraction of sp³-hybridized carbons (Fsp3) is 1.00. The SMILES string of the molecule is COCCCOCCOCCOCCOCCNC(C)(C)C. The van der Waals surface area contributed by atoms with Crippen molar-refractivity contribution in [1.82, 2.24) is 5.32 Å². The predicted molar refractivity (Wildman–Crippen MR) is 87.5 cm³/mol. The van der Waals surface area contributed by atoms with Gasteiger partial charge in [0.05, 0.1) is 46.2 Å². The van der Waals surface area contributed by atoms with Gasteiger partial charge >= 0.3 is 0 Å². The molecule has 0 aliphatic carbocycles. The van der Waals surface area contributed by atoms with Crippen molar-refractivity contribution in [2.75, 3.05) is 73.1 Å². The molecule has 6 nitrogen and oxygen atoms in total. The Labute approximate surface area is 135 Å². The normalized spacial score (nSPS) is 12.0. The van der Waals surface area contributed by atoms with E-state index in [2.05, 4.69) is 26.1 Å². The van der Waals surface area contributed by atoms with Crippen LogP contribution >= 0.6 is 0 Å². The first kappa shape index (κ1) is 21.8. The van der Waals surface area contributed by atoms with Crippen molar-refractivity contribution in [3.63, 3.8) is 0 Å². The molecular weight excluding hydrogens is 286 g/mol. The van der Waals surface area contributed by atoms with E-state index in [1.54, 1.807) is 7.11 Å². The van der Waals surface area contributed by atoms with Gasteiger partial charge in [-0.2, -0.15) is 0 Å². The molecule has 0 fully saturated rings. The van der Waals surface area contributed by atoms with Crippen LogP contribution < -0.4 is 5.32 Å². The predicted octanol–water partition coefficient (Wildman–Crippen LogP) is 1.48. The second kappa shape index (κ2) is 15.6. The average Bonchev–Trinajstić information content (AvgIpc) is 2.45. The summed E-state index contributed by atoms with van der Waals surface area (Å²) in [6.45, 7) is 13.1. The molecule has 22 heavy (non-hydrogen) atoms. The number of methoxy groups -OCH3 is 1. The highest BCUT2D eigenvalue weighted by molar-refractivity contribution is 4.69. The molecule has 0 unspecified atom stereocenters. The average molecular weight is 321 g/mol. The molecule has 0 saturated heterocycles. The van der Waals surface area contributed by atoms with Gasteiger partial charge in [0.2, 0.25) is 0 Å². The first-order valence-electron chi connectivity index (χ1n) is 8.11. The van der Waals surface area contributed by atoms with Crippen molar-refractivity contribution < 1.29 is 23.7 Å². The van der Waals surface area contributed by atoms with E-state index in [9.17, 15) is 0 Å². The Morgan fingerprint density at radius 1 is 0.636 bits per heavy atom. The van der Waals surface area contributed by atoms with Gasteiger partial charge in [-0.3, -0.25) is 0 Å². The number of hydrogen-bond donors (Lipinski definition) is 1. The van der Waals surface area contributed by atoms with Gasteiger partial charge < -0.3 is 29.0 Å². The summed E-state index contributed by atoms with van der Waals surface area (Å²) in [7, 11) is 1.69. The van der Waals surface area contributed by atoms with E-state index < -0.39 is 0 Å². The molecule has 0 aromatic rings. The maximum atomic E-state index is 5.46. The van der Waals surface area contributed by atoms with Crippen LogP contribution in [0.1, 0.15) is 27.2 Å². The van der Waals surface area contributed by atoms with Crippen LogP contribution in [0, 0.1) is 0 Å². The van der Waals surface area contributed by atoms with Crippen LogP contribution in [0.5, 0.6) is 0 Å². The van der Waals surface area contributed by atoms with E-state index in [4.69, 9.17) is 23.7 Å². The number of rotatable bonds is 16. The first-order valence-corrected chi connectivity index (χ1v) is 8.11. The van der Waals surface area contributed by atoms with E-state index >= 15 is 0 Å². The molecule has 0 spiro atoms. The van der Waals surface area contributed by atoms with Crippen molar-refractivity contribution in [3.05, 3.63) is 0 Å². The van der Waals surface area contributed by atoms with Gasteiger partial charge in [0.25, 0.3) is 0 Å². The van der Waals surface area contributed by atoms with Crippen LogP contribution in [-0.4, -0.2) is 78.7 Å². The third-order valence-corrected chi connectivity index (χ3v) is 2.65. The van der Waals surface area contributed by atoms with Crippen molar-refractivity contribution in [1.29, 1.82) is 0 Å². The Balaban J connectivity index is 3.00. The zero-order valence-corrected chi connectivity index (χ0v) is 14.8. The van der Waals surface area contributed by atoms with E-state index in [0.717, 1.165) is 26.2 Å². The highest BCUT2D eigenvalue weighted by Crippen LogP contribution is 1.96. The topological polar surface area (TPSA) is 58.2 Å². The molecule has 0 aliphatic heterocycles. The third kappa shape index (κ3) is 19.8. The fourth-order valence-corrected chi connectivity index (χ4v) is 1.57. The second-order valence-electron chi connectivity index (χ2n) is 5.97. The Hall–Kier alpha value is -0.240. The number of nitrogens with one attached hydrogen (secondary N) is 1. The number of hydrogen-bond acceptors (Lipinski definition) is 6. The van der Waals surface area contributed by atoms with Crippen LogP contribution in [0.25, 0.3) is 0 Å². The van der Waals surface area contributed by atoms with Crippen molar-refractivity contribution in [3.8, 4) is 0 Å². The molecule has 0 bridgehead atoms. The molecule has 0 aromatic heterocycles. The molecule has 0 amide bonds. The lowest BCUT2D eigenvalue weighted by molar-refractivity contribution is -0.00337. The summed E-state index contributed by atoms with van der Waals surface area (Å²) >= 11 is 0. The van der Waals surface area contributed by atoms with Crippen LogP contribution in [-0.2, 0) is 23.7 Å². The minimum atomic E-state index is 0.144. The molecule has 134 valence electrons. The Morgan fingerprint density at radius 3 is 1.55 bits per heavy atom. The van der Waals surface area contributed by atoms with E-state index in [0.29, 0.717) is 46.2 Å². The van der Waals surface area contributed by atoms with E-state index in [1.165, 1.54) is 0 Å². The van der Waals surface area contributed by atoms with Gasteiger partial charge in [-0.05, 0) is 27.2 Å². The van der Waals surface area contributed by atoms with Crippen molar-refractivity contribution >= 4 is 0 Å². The Bertz CT molecular complexity index is 221. The maximum absolute atomic E-state index is 5.46. The fourth-order valence-electron chi connectivity index (χ4n) is 1.57. The molecule has 0 rings (SSSR count). The van der Waals surface area contributed by atoms with Gasteiger partial charge in [-0.1, -0.05) is 0 Å². The molecule has 0 heterocycles. The highest BCUT2D eigenvalue weighted by Gasteiger charge is 2.06. The second-order valence-corrected chi connectivity index (χ2v) is 5.97. The summed E-state index contributed by atoms with van der Waals surface area (Å²) in [6, 6.07) is 0. The summed E-state index contributed by atoms with van der Waals surface area (Å²) in [5.74, 6) is 0. The van der Waals surface area contributed by atoms with Crippen molar-refractivity contribution in [2.45, 2.75) is 32.7 Å². The largest absolute Gasteiger partial charge is 0.385 e. The summed E-state index contributed by atoms with van der Waals surface area (Å²) in [4.78, 5) is 0. The lowest BCUT2D eigenvalue weighted by Crippen LogP contribution is -2.38. The van der Waals surface area contributed by atoms with Crippen LogP contribution in [0.4, 0.5) is 0 Å². The van der Waals surface area contributed by atoms with Gasteiger partial charge in [-0.25, -0.2) is 0 Å². The molecular formula is C16H35NO5. The quantitative estimate of drug-likeness (QED) is 0.435. The first-order chi connectivity index (χ1) is 10.6. The van der Waals surface area contributed by atoms with Crippen molar-refractivity contribution in [2.24, 2.45) is 0 Å². The van der Waals surface area contributed by atoms with Crippen LogP contribution in [0.3, 0.4) is 0 Å². The van der Waals surface area contributed by atoms with Gasteiger partial charge in [0.1, 0.15) is 0 Å².